The molecular formula is C25H23N3O4. The van der Waals surface area contributed by atoms with Gasteiger partial charge in [-0.05, 0) is 54.4 Å². The van der Waals surface area contributed by atoms with Crippen LogP contribution in [0.4, 0.5) is 10.5 Å². The number of hydrogen-bond acceptors (Lipinski definition) is 4. The summed E-state index contributed by atoms with van der Waals surface area (Å²) in [4.78, 5) is 39.3. The van der Waals surface area contributed by atoms with E-state index in [0.29, 0.717) is 22.6 Å². The highest BCUT2D eigenvalue weighted by Crippen LogP contribution is 2.31. The number of methoxy groups -OCH3 is 1. The molecule has 0 aromatic heterocycles. The minimum Gasteiger partial charge on any atom is -0.497 e. The average Bonchev–Trinajstić information content (AvgIpc) is 3.04. The van der Waals surface area contributed by atoms with Gasteiger partial charge in [-0.2, -0.15) is 0 Å². The Morgan fingerprint density at radius 3 is 2.25 bits per heavy atom. The van der Waals surface area contributed by atoms with E-state index in [1.165, 1.54) is 4.90 Å². The summed E-state index contributed by atoms with van der Waals surface area (Å²) in [5.41, 5.74) is 1.45. The first kappa shape index (κ1) is 21.1. The highest BCUT2D eigenvalue weighted by atomic mass is 16.5. The van der Waals surface area contributed by atoms with Crippen LogP contribution in [0, 0.1) is 0 Å². The van der Waals surface area contributed by atoms with Crippen LogP contribution < -0.4 is 15.4 Å². The Morgan fingerprint density at radius 1 is 0.969 bits per heavy atom. The molecular weight excluding hydrogens is 406 g/mol. The van der Waals surface area contributed by atoms with Crippen LogP contribution in [-0.4, -0.2) is 29.9 Å². The van der Waals surface area contributed by atoms with E-state index in [9.17, 15) is 14.4 Å². The number of carbonyl (C=O) groups is 3. The van der Waals surface area contributed by atoms with E-state index in [4.69, 9.17) is 4.74 Å². The highest BCUT2D eigenvalue weighted by molar-refractivity contribution is 6.07. The molecule has 4 amide bonds. The summed E-state index contributed by atoms with van der Waals surface area (Å²) in [6, 6.07) is 22.6. The molecule has 0 spiro atoms. The van der Waals surface area contributed by atoms with Crippen molar-refractivity contribution in [1.29, 1.82) is 0 Å². The standard InChI is InChI=1S/C25H23N3O4/c1-25(19-12-14-21(32-2)15-13-19)23(30)28(24(31)27-25)16-17-8-10-18(11-9-17)22(29)26-20-6-4-3-5-7-20/h3-15H,16H2,1-2H3,(H,26,29)(H,27,31). The van der Waals surface area contributed by atoms with Gasteiger partial charge in [-0.15, -0.1) is 0 Å². The topological polar surface area (TPSA) is 87.7 Å². The smallest absolute Gasteiger partial charge is 0.325 e. The number of urea groups is 1. The number of ether oxygens (including phenoxy) is 1. The predicted octanol–water partition coefficient (Wildman–Crippen LogP) is 3.91. The zero-order valence-electron chi connectivity index (χ0n) is 17.8. The lowest BCUT2D eigenvalue weighted by atomic mass is 9.92. The van der Waals surface area contributed by atoms with Crippen LogP contribution in [0.2, 0.25) is 0 Å². The zero-order chi connectivity index (χ0) is 22.7. The largest absolute Gasteiger partial charge is 0.497 e. The minimum atomic E-state index is -1.15. The molecule has 0 saturated carbocycles. The van der Waals surface area contributed by atoms with E-state index >= 15 is 0 Å². The summed E-state index contributed by atoms with van der Waals surface area (Å²) >= 11 is 0. The number of anilines is 1. The van der Waals surface area contributed by atoms with Crippen LogP contribution in [0.5, 0.6) is 5.75 Å². The second-order valence-corrected chi connectivity index (χ2v) is 7.69. The molecule has 7 heteroatoms. The third-order valence-electron chi connectivity index (χ3n) is 5.53. The van der Waals surface area contributed by atoms with Crippen LogP contribution in [0.25, 0.3) is 0 Å². The number of hydrogen-bond donors (Lipinski definition) is 2. The van der Waals surface area contributed by atoms with Gasteiger partial charge in [-0.25, -0.2) is 4.79 Å². The van der Waals surface area contributed by atoms with Gasteiger partial charge in [0, 0.05) is 11.3 Å². The average molecular weight is 429 g/mol. The maximum atomic E-state index is 13.1. The number of rotatable bonds is 6. The zero-order valence-corrected chi connectivity index (χ0v) is 17.8. The Hall–Kier alpha value is -4.13. The first-order valence-corrected chi connectivity index (χ1v) is 10.1. The summed E-state index contributed by atoms with van der Waals surface area (Å²) < 4.78 is 5.16. The van der Waals surface area contributed by atoms with E-state index in [1.54, 1.807) is 62.6 Å². The normalized spacial score (nSPS) is 17.8. The van der Waals surface area contributed by atoms with Crippen molar-refractivity contribution in [3.63, 3.8) is 0 Å². The summed E-state index contributed by atoms with van der Waals surface area (Å²) in [5.74, 6) is 0.103. The Labute approximate surface area is 186 Å². The van der Waals surface area contributed by atoms with Gasteiger partial charge in [0.15, 0.2) is 0 Å². The van der Waals surface area contributed by atoms with E-state index in [-0.39, 0.29) is 18.4 Å². The molecule has 1 aliphatic rings. The highest BCUT2D eigenvalue weighted by Gasteiger charge is 2.48. The Bertz CT molecular complexity index is 1140. The number of para-hydroxylation sites is 1. The van der Waals surface area contributed by atoms with Crippen molar-refractivity contribution >= 4 is 23.5 Å². The van der Waals surface area contributed by atoms with Crippen LogP contribution in [-0.2, 0) is 16.9 Å². The fourth-order valence-corrected chi connectivity index (χ4v) is 3.63. The quantitative estimate of drug-likeness (QED) is 0.582. The van der Waals surface area contributed by atoms with Crippen molar-refractivity contribution in [2.75, 3.05) is 12.4 Å². The van der Waals surface area contributed by atoms with Crippen molar-refractivity contribution in [2.24, 2.45) is 0 Å². The van der Waals surface area contributed by atoms with Crippen LogP contribution in [0.15, 0.2) is 78.9 Å². The monoisotopic (exact) mass is 429 g/mol. The lowest BCUT2D eigenvalue weighted by Gasteiger charge is -2.22. The van der Waals surface area contributed by atoms with Crippen molar-refractivity contribution in [3.05, 3.63) is 95.6 Å². The third kappa shape index (κ3) is 4.05. The lowest BCUT2D eigenvalue weighted by molar-refractivity contribution is -0.131. The Morgan fingerprint density at radius 2 is 1.62 bits per heavy atom. The molecule has 1 heterocycles. The number of carbonyl (C=O) groups excluding carboxylic acids is 3. The minimum absolute atomic E-state index is 0.108. The summed E-state index contributed by atoms with van der Waals surface area (Å²) in [5, 5.41) is 5.62. The van der Waals surface area contributed by atoms with Crippen LogP contribution >= 0.6 is 0 Å². The molecule has 0 bridgehead atoms. The van der Waals surface area contributed by atoms with Crippen LogP contribution in [0.1, 0.15) is 28.4 Å². The molecule has 1 aliphatic heterocycles. The van der Waals surface area contributed by atoms with Crippen molar-refractivity contribution in [2.45, 2.75) is 19.0 Å². The third-order valence-corrected chi connectivity index (χ3v) is 5.53. The van der Waals surface area contributed by atoms with Gasteiger partial charge < -0.3 is 15.4 Å². The van der Waals surface area contributed by atoms with Gasteiger partial charge in [0.05, 0.1) is 13.7 Å². The molecule has 1 fully saturated rings. The van der Waals surface area contributed by atoms with E-state index in [0.717, 1.165) is 5.56 Å². The Balaban J connectivity index is 1.46. The molecule has 2 N–H and O–H groups in total. The Kier molecular flexibility index (Phi) is 5.64. The molecule has 0 radical (unpaired) electrons. The van der Waals surface area contributed by atoms with Gasteiger partial charge in [0.2, 0.25) is 0 Å². The molecule has 0 aliphatic carbocycles. The molecule has 3 aromatic rings. The maximum absolute atomic E-state index is 13.1. The van der Waals surface area contributed by atoms with Gasteiger partial charge >= 0.3 is 6.03 Å². The molecule has 1 unspecified atom stereocenters. The molecule has 7 nitrogen and oxygen atoms in total. The molecule has 1 atom stereocenters. The molecule has 1 saturated heterocycles. The number of amides is 4. The van der Waals surface area contributed by atoms with E-state index < -0.39 is 11.6 Å². The van der Waals surface area contributed by atoms with Gasteiger partial charge in [0.1, 0.15) is 11.3 Å². The maximum Gasteiger partial charge on any atom is 0.325 e. The first-order valence-electron chi connectivity index (χ1n) is 10.1. The first-order chi connectivity index (χ1) is 15.4. The molecule has 162 valence electrons. The molecule has 32 heavy (non-hydrogen) atoms. The predicted molar refractivity (Wildman–Crippen MR) is 120 cm³/mol. The number of nitrogens with one attached hydrogen (secondary N) is 2. The molecule has 3 aromatic carbocycles. The number of imide groups is 1. The summed E-state index contributed by atoms with van der Waals surface area (Å²) in [7, 11) is 1.57. The van der Waals surface area contributed by atoms with Crippen LogP contribution in [0.3, 0.4) is 0 Å². The number of nitrogens with zero attached hydrogens (tertiary/aromatic N) is 1. The fourth-order valence-electron chi connectivity index (χ4n) is 3.63. The fraction of sp³-hybridized carbons (Fsp3) is 0.160. The van der Waals surface area contributed by atoms with E-state index in [2.05, 4.69) is 10.6 Å². The summed E-state index contributed by atoms with van der Waals surface area (Å²) in [6.45, 7) is 1.79. The second-order valence-electron chi connectivity index (χ2n) is 7.69. The number of benzene rings is 3. The van der Waals surface area contributed by atoms with Crippen molar-refractivity contribution in [3.8, 4) is 5.75 Å². The van der Waals surface area contributed by atoms with Crippen molar-refractivity contribution < 1.29 is 19.1 Å². The van der Waals surface area contributed by atoms with Crippen molar-refractivity contribution in [1.82, 2.24) is 10.2 Å². The summed E-state index contributed by atoms with van der Waals surface area (Å²) in [6.07, 6.45) is 0. The second kappa shape index (κ2) is 8.55. The van der Waals surface area contributed by atoms with Gasteiger partial charge in [-0.1, -0.05) is 42.5 Å². The lowest BCUT2D eigenvalue weighted by Crippen LogP contribution is -2.40. The van der Waals surface area contributed by atoms with E-state index in [1.807, 2.05) is 30.3 Å². The molecule has 4 rings (SSSR count). The van der Waals surface area contributed by atoms with Gasteiger partial charge in [0.25, 0.3) is 11.8 Å². The van der Waals surface area contributed by atoms with Gasteiger partial charge in [-0.3, -0.25) is 14.5 Å². The SMILES string of the molecule is COc1ccc(C2(C)NC(=O)N(Cc3ccc(C(=O)Nc4ccccc4)cc3)C2=O)cc1.